The Balaban J connectivity index is 1.69. The summed E-state index contributed by atoms with van der Waals surface area (Å²) in [5.74, 6) is 0.449. The van der Waals surface area contributed by atoms with Gasteiger partial charge in [0.2, 0.25) is 5.91 Å². The summed E-state index contributed by atoms with van der Waals surface area (Å²) in [6.45, 7) is 0.607. The van der Waals surface area contributed by atoms with E-state index in [-0.39, 0.29) is 18.4 Å². The lowest BCUT2D eigenvalue weighted by atomic mass is 10.1. The second-order valence-electron chi connectivity index (χ2n) is 5.80. The van der Waals surface area contributed by atoms with Crippen molar-refractivity contribution in [3.63, 3.8) is 0 Å². The van der Waals surface area contributed by atoms with Gasteiger partial charge >= 0.3 is 0 Å². The van der Waals surface area contributed by atoms with Crippen LogP contribution in [-0.2, 0) is 11.2 Å². The van der Waals surface area contributed by atoms with Gasteiger partial charge in [0.25, 0.3) is 5.91 Å². The largest absolute Gasteiger partial charge is 0.493 e. The van der Waals surface area contributed by atoms with Gasteiger partial charge in [0.15, 0.2) is 11.5 Å². The maximum Gasteiger partial charge on any atom is 0.251 e. The normalized spacial score (nSPS) is 10.2. The van der Waals surface area contributed by atoms with Gasteiger partial charge < -0.3 is 20.1 Å². The number of benzene rings is 2. The summed E-state index contributed by atoms with van der Waals surface area (Å²) < 4.78 is 23.3. The highest BCUT2D eigenvalue weighted by molar-refractivity contribution is 5.94. The zero-order valence-corrected chi connectivity index (χ0v) is 15.4. The number of ether oxygens (including phenoxy) is 2. The molecule has 0 aliphatic heterocycles. The van der Waals surface area contributed by atoms with E-state index < -0.39 is 5.82 Å². The number of halogens is 1. The average molecular weight is 374 g/mol. The third-order valence-electron chi connectivity index (χ3n) is 3.93. The second-order valence-corrected chi connectivity index (χ2v) is 5.80. The van der Waals surface area contributed by atoms with Gasteiger partial charge in [-0.05, 0) is 48.4 Å². The maximum atomic E-state index is 12.8. The minimum Gasteiger partial charge on any atom is -0.493 e. The SMILES string of the molecule is COc1ccc(CCC(=O)NCCNC(=O)c2ccc(F)cc2)cc1OC. The molecule has 0 atom stereocenters. The van der Waals surface area contributed by atoms with E-state index in [1.165, 1.54) is 24.3 Å². The Bertz CT molecular complexity index is 778. The maximum absolute atomic E-state index is 12.8. The molecular weight excluding hydrogens is 351 g/mol. The van der Waals surface area contributed by atoms with Crippen molar-refractivity contribution in [2.24, 2.45) is 0 Å². The van der Waals surface area contributed by atoms with Crippen molar-refractivity contribution >= 4 is 11.8 Å². The molecule has 0 fully saturated rings. The zero-order chi connectivity index (χ0) is 19.6. The molecule has 0 saturated carbocycles. The first-order chi connectivity index (χ1) is 13.0. The molecule has 0 saturated heterocycles. The Morgan fingerprint density at radius 2 is 1.59 bits per heavy atom. The lowest BCUT2D eigenvalue weighted by molar-refractivity contribution is -0.121. The van der Waals surface area contributed by atoms with Crippen molar-refractivity contribution in [2.45, 2.75) is 12.8 Å². The highest BCUT2D eigenvalue weighted by atomic mass is 19.1. The molecule has 144 valence electrons. The third kappa shape index (κ3) is 6.29. The Hall–Kier alpha value is -3.09. The summed E-state index contributed by atoms with van der Waals surface area (Å²) in [5, 5.41) is 5.42. The van der Waals surface area contributed by atoms with Gasteiger partial charge in [-0.25, -0.2) is 4.39 Å². The van der Waals surface area contributed by atoms with Crippen LogP contribution in [0.4, 0.5) is 4.39 Å². The van der Waals surface area contributed by atoms with Gasteiger partial charge in [-0.15, -0.1) is 0 Å². The first-order valence-corrected chi connectivity index (χ1v) is 8.55. The van der Waals surface area contributed by atoms with E-state index in [0.29, 0.717) is 36.4 Å². The summed E-state index contributed by atoms with van der Waals surface area (Å²) in [6.07, 6.45) is 0.884. The van der Waals surface area contributed by atoms with Gasteiger partial charge in [-0.1, -0.05) is 6.07 Å². The monoisotopic (exact) mass is 374 g/mol. The van der Waals surface area contributed by atoms with Crippen LogP contribution in [0.5, 0.6) is 11.5 Å². The van der Waals surface area contributed by atoms with E-state index in [4.69, 9.17) is 9.47 Å². The molecule has 6 nitrogen and oxygen atoms in total. The summed E-state index contributed by atoms with van der Waals surface area (Å²) in [4.78, 5) is 23.8. The summed E-state index contributed by atoms with van der Waals surface area (Å²) in [7, 11) is 3.13. The fourth-order valence-corrected chi connectivity index (χ4v) is 2.46. The predicted octanol–water partition coefficient (Wildman–Crippen LogP) is 2.32. The van der Waals surface area contributed by atoms with Crippen LogP contribution in [0, 0.1) is 5.82 Å². The minimum absolute atomic E-state index is 0.110. The smallest absolute Gasteiger partial charge is 0.251 e. The van der Waals surface area contributed by atoms with E-state index in [9.17, 15) is 14.0 Å². The molecule has 0 spiro atoms. The van der Waals surface area contributed by atoms with Crippen LogP contribution in [0.25, 0.3) is 0 Å². The topological polar surface area (TPSA) is 76.7 Å². The molecule has 0 bridgehead atoms. The van der Waals surface area contributed by atoms with E-state index in [1.807, 2.05) is 12.1 Å². The number of carbonyl (C=O) groups excluding carboxylic acids is 2. The van der Waals surface area contributed by atoms with Gasteiger partial charge in [-0.3, -0.25) is 9.59 Å². The third-order valence-corrected chi connectivity index (χ3v) is 3.93. The summed E-state index contributed by atoms with van der Waals surface area (Å²) >= 11 is 0. The molecule has 0 unspecified atom stereocenters. The van der Waals surface area contributed by atoms with Crippen LogP contribution in [-0.4, -0.2) is 39.1 Å². The minimum atomic E-state index is -0.395. The van der Waals surface area contributed by atoms with Crippen LogP contribution in [0.15, 0.2) is 42.5 Å². The molecular formula is C20H23FN2O4. The van der Waals surface area contributed by atoms with Crippen LogP contribution in [0.3, 0.4) is 0 Å². The molecule has 0 aliphatic carbocycles. The molecule has 2 aromatic carbocycles. The van der Waals surface area contributed by atoms with Gasteiger partial charge in [0, 0.05) is 25.1 Å². The molecule has 0 radical (unpaired) electrons. The highest BCUT2D eigenvalue weighted by Crippen LogP contribution is 2.27. The Kier molecular flexibility index (Phi) is 7.61. The predicted molar refractivity (Wildman–Crippen MR) is 99.6 cm³/mol. The zero-order valence-electron chi connectivity index (χ0n) is 15.4. The molecule has 2 rings (SSSR count). The molecule has 2 N–H and O–H groups in total. The van der Waals surface area contributed by atoms with Gasteiger partial charge in [0.1, 0.15) is 5.82 Å². The van der Waals surface area contributed by atoms with Crippen LogP contribution in [0.2, 0.25) is 0 Å². The molecule has 2 amide bonds. The molecule has 0 aromatic heterocycles. The van der Waals surface area contributed by atoms with Crippen molar-refractivity contribution < 1.29 is 23.5 Å². The van der Waals surface area contributed by atoms with Crippen molar-refractivity contribution in [3.05, 3.63) is 59.4 Å². The Morgan fingerprint density at radius 3 is 2.26 bits per heavy atom. The quantitative estimate of drug-likeness (QED) is 0.661. The highest BCUT2D eigenvalue weighted by Gasteiger charge is 2.08. The van der Waals surface area contributed by atoms with Crippen molar-refractivity contribution in [1.82, 2.24) is 10.6 Å². The van der Waals surface area contributed by atoms with Crippen LogP contribution >= 0.6 is 0 Å². The second kappa shape index (κ2) is 10.2. The van der Waals surface area contributed by atoms with E-state index in [2.05, 4.69) is 10.6 Å². The standard InChI is InChI=1S/C20H23FN2O4/c1-26-17-9-3-14(13-18(17)27-2)4-10-19(24)22-11-12-23-20(25)15-5-7-16(21)8-6-15/h3,5-9,13H,4,10-12H2,1-2H3,(H,22,24)(H,23,25). The number of aryl methyl sites for hydroxylation is 1. The van der Waals surface area contributed by atoms with Crippen LogP contribution < -0.4 is 20.1 Å². The van der Waals surface area contributed by atoms with E-state index in [1.54, 1.807) is 20.3 Å². The number of methoxy groups -OCH3 is 2. The first kappa shape index (κ1) is 20.2. The van der Waals surface area contributed by atoms with Crippen molar-refractivity contribution in [2.75, 3.05) is 27.3 Å². The van der Waals surface area contributed by atoms with E-state index >= 15 is 0 Å². The average Bonchev–Trinajstić information content (AvgIpc) is 2.69. The number of carbonyl (C=O) groups is 2. The first-order valence-electron chi connectivity index (χ1n) is 8.55. The van der Waals surface area contributed by atoms with Crippen molar-refractivity contribution in [3.8, 4) is 11.5 Å². The van der Waals surface area contributed by atoms with Crippen molar-refractivity contribution in [1.29, 1.82) is 0 Å². The molecule has 0 heterocycles. The van der Waals surface area contributed by atoms with E-state index in [0.717, 1.165) is 5.56 Å². The van der Waals surface area contributed by atoms with Gasteiger partial charge in [0.05, 0.1) is 14.2 Å². The number of rotatable bonds is 9. The summed E-state index contributed by atoms with van der Waals surface area (Å²) in [6, 6.07) is 10.8. The molecule has 0 aliphatic rings. The Morgan fingerprint density at radius 1 is 0.926 bits per heavy atom. The van der Waals surface area contributed by atoms with Crippen LogP contribution in [0.1, 0.15) is 22.3 Å². The number of amides is 2. The molecule has 2 aromatic rings. The fraction of sp³-hybridized carbons (Fsp3) is 0.300. The summed E-state index contributed by atoms with van der Waals surface area (Å²) in [5.41, 5.74) is 1.34. The molecule has 7 heteroatoms. The lowest BCUT2D eigenvalue weighted by Gasteiger charge is -2.10. The fourth-order valence-electron chi connectivity index (χ4n) is 2.46. The number of hydrogen-bond donors (Lipinski definition) is 2. The molecule has 27 heavy (non-hydrogen) atoms. The lowest BCUT2D eigenvalue weighted by Crippen LogP contribution is -2.34. The number of nitrogens with one attached hydrogen (secondary N) is 2. The van der Waals surface area contributed by atoms with Gasteiger partial charge in [-0.2, -0.15) is 0 Å². The number of hydrogen-bond acceptors (Lipinski definition) is 4. The Labute approximate surface area is 157 Å².